The van der Waals surface area contributed by atoms with Crippen LogP contribution in [-0.2, 0) is 19.1 Å². The minimum atomic E-state index is -1.02. The predicted octanol–water partition coefficient (Wildman–Crippen LogP) is 1.69. The fraction of sp³-hybridized carbons (Fsp3) is 0.636. The van der Waals surface area contributed by atoms with E-state index >= 15 is 0 Å². The van der Waals surface area contributed by atoms with Gasteiger partial charge in [-0.25, -0.2) is 10.0 Å². The zero-order valence-electron chi connectivity index (χ0n) is 10.5. The number of hydrogen-bond acceptors (Lipinski definition) is 4. The van der Waals surface area contributed by atoms with Gasteiger partial charge in [-0.3, -0.25) is 9.59 Å². The van der Waals surface area contributed by atoms with Crippen molar-refractivity contribution in [2.75, 3.05) is 33.0 Å². The number of rotatable bonds is 5. The van der Waals surface area contributed by atoms with Crippen molar-refractivity contribution in [1.29, 1.82) is 0 Å². The van der Waals surface area contributed by atoms with Crippen LogP contribution in [0.1, 0.15) is 12.8 Å². The summed E-state index contributed by atoms with van der Waals surface area (Å²) in [6.45, 7) is 0. The van der Waals surface area contributed by atoms with Gasteiger partial charge in [-0.2, -0.15) is 0 Å². The molecule has 0 rings (SSSR count). The molecule has 0 aromatic rings. The molecule has 0 spiro atoms. The third-order valence-electron chi connectivity index (χ3n) is 2.06. The van der Waals surface area contributed by atoms with Crippen molar-refractivity contribution in [1.82, 2.24) is 0 Å². The SMILES string of the molecule is COC(=O)C/C=C(\CC(=O)OC)S(C)(C)C. The lowest BCUT2D eigenvalue weighted by Crippen LogP contribution is -2.07. The van der Waals surface area contributed by atoms with Crippen LogP contribution in [0.3, 0.4) is 0 Å². The van der Waals surface area contributed by atoms with E-state index in [9.17, 15) is 9.59 Å². The molecule has 0 N–H and O–H groups in total. The topological polar surface area (TPSA) is 52.6 Å². The van der Waals surface area contributed by atoms with Crippen molar-refractivity contribution in [2.45, 2.75) is 12.8 Å². The summed E-state index contributed by atoms with van der Waals surface area (Å²) in [5, 5.41) is 0. The zero-order valence-corrected chi connectivity index (χ0v) is 11.3. The van der Waals surface area contributed by atoms with Gasteiger partial charge in [-0.05, 0) is 23.7 Å². The molecule has 16 heavy (non-hydrogen) atoms. The molecule has 4 nitrogen and oxygen atoms in total. The second-order valence-electron chi connectivity index (χ2n) is 4.04. The molecule has 0 fully saturated rings. The van der Waals surface area contributed by atoms with Gasteiger partial charge in [0.15, 0.2) is 0 Å². The Balaban J connectivity index is 4.68. The molecule has 0 aromatic carbocycles. The first-order valence-corrected chi connectivity index (χ1v) is 7.68. The summed E-state index contributed by atoms with van der Waals surface area (Å²) in [4.78, 5) is 23.2. The zero-order chi connectivity index (χ0) is 12.8. The number of ether oxygens (including phenoxy) is 2. The molecule has 0 atom stereocenters. The highest BCUT2D eigenvalue weighted by Gasteiger charge is 2.16. The van der Waals surface area contributed by atoms with Gasteiger partial charge in [-0.15, -0.1) is 0 Å². The van der Waals surface area contributed by atoms with E-state index in [-0.39, 0.29) is 24.8 Å². The van der Waals surface area contributed by atoms with Gasteiger partial charge in [0.05, 0.1) is 27.1 Å². The molecule has 94 valence electrons. The summed E-state index contributed by atoms with van der Waals surface area (Å²) < 4.78 is 9.18. The van der Waals surface area contributed by atoms with E-state index in [1.807, 2.05) is 0 Å². The molecule has 0 saturated heterocycles. The molecular weight excluding hydrogens is 228 g/mol. The monoisotopic (exact) mass is 248 g/mol. The molecule has 5 heteroatoms. The molecule has 0 amide bonds. The normalized spacial score (nSPS) is 13.2. The average molecular weight is 248 g/mol. The number of esters is 2. The molecule has 0 aliphatic heterocycles. The first-order valence-electron chi connectivity index (χ1n) is 4.82. The molecule has 0 heterocycles. The van der Waals surface area contributed by atoms with E-state index in [1.165, 1.54) is 14.2 Å². The van der Waals surface area contributed by atoms with Crippen LogP contribution in [0.4, 0.5) is 0 Å². The second kappa shape index (κ2) is 6.58. The number of carbonyl (C=O) groups is 2. The summed E-state index contributed by atoms with van der Waals surface area (Å²) >= 11 is 0. The summed E-state index contributed by atoms with van der Waals surface area (Å²) in [5.74, 6) is -0.579. The Morgan fingerprint density at radius 2 is 1.56 bits per heavy atom. The van der Waals surface area contributed by atoms with Crippen LogP contribution in [0.5, 0.6) is 0 Å². The lowest BCUT2D eigenvalue weighted by molar-refractivity contribution is -0.140. The van der Waals surface area contributed by atoms with Crippen LogP contribution in [0.15, 0.2) is 11.0 Å². The molecule has 0 aromatic heterocycles. The van der Waals surface area contributed by atoms with Crippen molar-refractivity contribution in [3.63, 3.8) is 0 Å². The Morgan fingerprint density at radius 3 is 1.94 bits per heavy atom. The third-order valence-corrected chi connectivity index (χ3v) is 3.94. The largest absolute Gasteiger partial charge is 0.469 e. The lowest BCUT2D eigenvalue weighted by Gasteiger charge is -2.28. The number of methoxy groups -OCH3 is 2. The maximum Gasteiger partial charge on any atom is 0.310 e. The van der Waals surface area contributed by atoms with E-state index in [2.05, 4.69) is 28.2 Å². The first-order chi connectivity index (χ1) is 7.31. The number of carbonyl (C=O) groups excluding carboxylic acids is 2. The third kappa shape index (κ3) is 5.80. The summed E-state index contributed by atoms with van der Waals surface area (Å²) in [5.41, 5.74) is 0. The van der Waals surface area contributed by atoms with E-state index < -0.39 is 10.0 Å². The maximum atomic E-state index is 11.2. The van der Waals surface area contributed by atoms with Crippen molar-refractivity contribution in [3.8, 4) is 0 Å². The second-order valence-corrected chi connectivity index (χ2v) is 8.24. The molecule has 0 radical (unpaired) electrons. The number of hydrogen-bond donors (Lipinski definition) is 0. The summed E-state index contributed by atoms with van der Waals surface area (Å²) in [6, 6.07) is 0. The Morgan fingerprint density at radius 1 is 1.06 bits per heavy atom. The highest BCUT2D eigenvalue weighted by Crippen LogP contribution is 2.46. The highest BCUT2D eigenvalue weighted by atomic mass is 32.3. The molecule has 0 unspecified atom stereocenters. The van der Waals surface area contributed by atoms with Crippen molar-refractivity contribution in [2.24, 2.45) is 0 Å². The lowest BCUT2D eigenvalue weighted by atomic mass is 10.3. The molecular formula is C11H20O4S. The first kappa shape index (κ1) is 15.0. The Kier molecular flexibility index (Phi) is 6.18. The van der Waals surface area contributed by atoms with E-state index in [1.54, 1.807) is 6.08 Å². The molecule has 0 bridgehead atoms. The van der Waals surface area contributed by atoms with Gasteiger partial charge < -0.3 is 9.47 Å². The van der Waals surface area contributed by atoms with E-state index in [0.29, 0.717) is 0 Å². The van der Waals surface area contributed by atoms with Crippen molar-refractivity contribution < 1.29 is 19.1 Å². The summed E-state index contributed by atoms with van der Waals surface area (Å²) in [7, 11) is 1.69. The Hall–Kier alpha value is -0.970. The Labute approximate surface area is 98.3 Å². The quantitative estimate of drug-likeness (QED) is 0.695. The van der Waals surface area contributed by atoms with E-state index in [0.717, 1.165) is 4.91 Å². The molecule has 0 aliphatic carbocycles. The van der Waals surface area contributed by atoms with Gasteiger partial charge in [0, 0.05) is 0 Å². The predicted molar refractivity (Wildman–Crippen MR) is 66.7 cm³/mol. The van der Waals surface area contributed by atoms with Crippen LogP contribution in [0.25, 0.3) is 0 Å². The van der Waals surface area contributed by atoms with Gasteiger partial charge >= 0.3 is 11.9 Å². The molecule has 0 aliphatic rings. The van der Waals surface area contributed by atoms with Gasteiger partial charge in [0.25, 0.3) is 0 Å². The maximum absolute atomic E-state index is 11.2. The van der Waals surface area contributed by atoms with Gasteiger partial charge in [-0.1, -0.05) is 6.08 Å². The average Bonchev–Trinajstić information content (AvgIpc) is 2.21. The van der Waals surface area contributed by atoms with Gasteiger partial charge in [0.1, 0.15) is 0 Å². The van der Waals surface area contributed by atoms with Crippen LogP contribution < -0.4 is 0 Å². The smallest absolute Gasteiger partial charge is 0.310 e. The highest BCUT2D eigenvalue weighted by molar-refractivity contribution is 8.35. The van der Waals surface area contributed by atoms with Crippen LogP contribution in [0, 0.1) is 0 Å². The van der Waals surface area contributed by atoms with Crippen LogP contribution in [-0.4, -0.2) is 44.9 Å². The van der Waals surface area contributed by atoms with Crippen LogP contribution >= 0.6 is 10.0 Å². The van der Waals surface area contributed by atoms with Crippen molar-refractivity contribution in [3.05, 3.63) is 11.0 Å². The molecule has 0 saturated carbocycles. The Bertz CT molecular complexity index is 289. The minimum Gasteiger partial charge on any atom is -0.469 e. The minimum absolute atomic E-state index is 0.201. The van der Waals surface area contributed by atoms with Gasteiger partial charge in [0.2, 0.25) is 0 Å². The fourth-order valence-electron chi connectivity index (χ4n) is 1.03. The standard InChI is InChI=1S/C11H20O4S/c1-14-10(12)7-6-9(16(3,4)5)8-11(13)15-2/h6H,7-8H2,1-5H3/b9-6+. The fourth-order valence-corrected chi connectivity index (χ4v) is 2.17. The van der Waals surface area contributed by atoms with Crippen molar-refractivity contribution >= 4 is 22.0 Å². The van der Waals surface area contributed by atoms with Crippen LogP contribution in [0.2, 0.25) is 0 Å². The summed E-state index contributed by atoms with van der Waals surface area (Å²) in [6.07, 6.45) is 8.43. The van der Waals surface area contributed by atoms with E-state index in [4.69, 9.17) is 0 Å².